The summed E-state index contributed by atoms with van der Waals surface area (Å²) in [5, 5.41) is 10.4. The van der Waals surface area contributed by atoms with E-state index in [-0.39, 0.29) is 18.9 Å². The van der Waals surface area contributed by atoms with E-state index >= 15 is 0 Å². The molecule has 0 radical (unpaired) electrons. The van der Waals surface area contributed by atoms with Crippen LogP contribution in [-0.4, -0.2) is 32.4 Å². The monoisotopic (exact) mass is 267 g/mol. The van der Waals surface area contributed by atoms with E-state index in [9.17, 15) is 5.11 Å². The van der Waals surface area contributed by atoms with Gasteiger partial charge in [-0.3, -0.25) is 0 Å². The predicted molar refractivity (Wildman–Crippen MR) is 67.3 cm³/mol. The van der Waals surface area contributed by atoms with Gasteiger partial charge in [0, 0.05) is 12.1 Å². The van der Waals surface area contributed by atoms with E-state index in [2.05, 4.69) is 16.9 Å². The third kappa shape index (κ3) is 1.79. The molecule has 1 saturated heterocycles. The second kappa shape index (κ2) is 4.50. The van der Waals surface area contributed by atoms with E-state index in [4.69, 9.17) is 16.3 Å². The van der Waals surface area contributed by atoms with Gasteiger partial charge in [0.1, 0.15) is 23.4 Å². The molecule has 1 aliphatic heterocycles. The Hall–Kier alpha value is -1.17. The van der Waals surface area contributed by atoms with Crippen molar-refractivity contribution in [3.63, 3.8) is 0 Å². The average Bonchev–Trinajstić information content (AvgIpc) is 2.93. The zero-order valence-corrected chi connectivity index (χ0v) is 10.7. The van der Waals surface area contributed by atoms with E-state index in [1.54, 1.807) is 0 Å². The minimum atomic E-state index is -0.106. The van der Waals surface area contributed by atoms with Gasteiger partial charge in [0.25, 0.3) is 0 Å². The summed E-state index contributed by atoms with van der Waals surface area (Å²) in [4.78, 5) is 8.21. The molecule has 0 spiro atoms. The third-order valence-electron chi connectivity index (χ3n) is 3.39. The van der Waals surface area contributed by atoms with Crippen molar-refractivity contribution >= 4 is 22.6 Å². The Labute approximate surface area is 109 Å². The van der Waals surface area contributed by atoms with Crippen molar-refractivity contribution in [1.29, 1.82) is 0 Å². The molecule has 1 fully saturated rings. The SMILES string of the molecule is C[C@H]1C[C@@H](CO)O[C@H]1n1ccc2c(Cl)ncnc21. The third-order valence-corrected chi connectivity index (χ3v) is 3.69. The zero-order chi connectivity index (χ0) is 12.7. The van der Waals surface area contributed by atoms with Gasteiger partial charge in [0.05, 0.1) is 18.1 Å². The molecule has 6 heteroatoms. The maximum Gasteiger partial charge on any atom is 0.146 e. The first kappa shape index (κ1) is 11.9. The summed E-state index contributed by atoms with van der Waals surface area (Å²) in [6.07, 6.45) is 4.00. The van der Waals surface area contributed by atoms with Crippen LogP contribution in [0.1, 0.15) is 19.6 Å². The first-order chi connectivity index (χ1) is 8.70. The number of rotatable bonds is 2. The summed E-state index contributed by atoms with van der Waals surface area (Å²) >= 11 is 6.02. The molecule has 3 heterocycles. The highest BCUT2D eigenvalue weighted by Gasteiger charge is 2.33. The molecule has 0 aliphatic carbocycles. The number of ether oxygens (including phenoxy) is 1. The van der Waals surface area contributed by atoms with Crippen LogP contribution in [0.5, 0.6) is 0 Å². The highest BCUT2D eigenvalue weighted by molar-refractivity contribution is 6.33. The molecule has 2 aromatic rings. The van der Waals surface area contributed by atoms with Gasteiger partial charge in [0.2, 0.25) is 0 Å². The number of aromatic nitrogens is 3. The Bertz CT molecular complexity index is 571. The van der Waals surface area contributed by atoms with Crippen LogP contribution in [0, 0.1) is 5.92 Å². The second-order valence-corrected chi connectivity index (χ2v) is 5.03. The van der Waals surface area contributed by atoms with Gasteiger partial charge in [-0.15, -0.1) is 0 Å². The molecule has 5 nitrogen and oxygen atoms in total. The van der Waals surface area contributed by atoms with Gasteiger partial charge in [-0.05, 0) is 12.5 Å². The van der Waals surface area contributed by atoms with Crippen LogP contribution < -0.4 is 0 Å². The fourth-order valence-electron chi connectivity index (χ4n) is 2.52. The van der Waals surface area contributed by atoms with Crippen molar-refractivity contribution in [3.05, 3.63) is 23.7 Å². The number of fused-ring (bicyclic) bond motifs is 1. The van der Waals surface area contributed by atoms with Crippen molar-refractivity contribution in [2.45, 2.75) is 25.7 Å². The topological polar surface area (TPSA) is 60.2 Å². The first-order valence-electron chi connectivity index (χ1n) is 5.94. The lowest BCUT2D eigenvalue weighted by molar-refractivity contribution is -0.0291. The van der Waals surface area contributed by atoms with E-state index in [1.807, 2.05) is 16.8 Å². The van der Waals surface area contributed by atoms with Gasteiger partial charge < -0.3 is 14.4 Å². The van der Waals surface area contributed by atoms with Gasteiger partial charge in [0.15, 0.2) is 0 Å². The van der Waals surface area contributed by atoms with Crippen molar-refractivity contribution in [3.8, 4) is 0 Å². The van der Waals surface area contributed by atoms with Crippen molar-refractivity contribution in [2.75, 3.05) is 6.61 Å². The fraction of sp³-hybridized carbons (Fsp3) is 0.500. The Morgan fingerprint density at radius 1 is 1.56 bits per heavy atom. The van der Waals surface area contributed by atoms with Gasteiger partial charge in [-0.1, -0.05) is 18.5 Å². The van der Waals surface area contributed by atoms with Crippen LogP contribution in [0.2, 0.25) is 5.15 Å². The predicted octanol–water partition coefficient (Wildman–Crippen LogP) is 2.00. The minimum Gasteiger partial charge on any atom is -0.394 e. The van der Waals surface area contributed by atoms with Crippen LogP contribution in [0.4, 0.5) is 0 Å². The van der Waals surface area contributed by atoms with Gasteiger partial charge in [-0.25, -0.2) is 9.97 Å². The Balaban J connectivity index is 2.02. The van der Waals surface area contributed by atoms with Gasteiger partial charge in [-0.2, -0.15) is 0 Å². The molecule has 0 aromatic carbocycles. The molecule has 2 aromatic heterocycles. The molecule has 0 amide bonds. The van der Waals surface area contributed by atoms with E-state index in [1.165, 1.54) is 6.33 Å². The van der Waals surface area contributed by atoms with E-state index in [0.29, 0.717) is 11.1 Å². The van der Waals surface area contributed by atoms with Crippen LogP contribution in [0.15, 0.2) is 18.6 Å². The lowest BCUT2D eigenvalue weighted by Gasteiger charge is -2.18. The molecule has 0 bridgehead atoms. The first-order valence-corrected chi connectivity index (χ1v) is 6.32. The Kier molecular flexibility index (Phi) is 2.97. The number of halogens is 1. The molecule has 0 unspecified atom stereocenters. The smallest absolute Gasteiger partial charge is 0.146 e. The molecule has 3 rings (SSSR count). The fourth-order valence-corrected chi connectivity index (χ4v) is 2.71. The number of hydrogen-bond acceptors (Lipinski definition) is 4. The zero-order valence-electron chi connectivity index (χ0n) is 9.95. The molecule has 1 N–H and O–H groups in total. The number of hydrogen-bond donors (Lipinski definition) is 1. The highest BCUT2D eigenvalue weighted by atomic mass is 35.5. The summed E-state index contributed by atoms with van der Waals surface area (Å²) in [5.74, 6) is 0.325. The van der Waals surface area contributed by atoms with Crippen LogP contribution >= 0.6 is 11.6 Å². The summed E-state index contributed by atoms with van der Waals surface area (Å²) in [6, 6.07) is 1.89. The van der Waals surface area contributed by atoms with E-state index in [0.717, 1.165) is 17.5 Å². The molecule has 18 heavy (non-hydrogen) atoms. The summed E-state index contributed by atoms with van der Waals surface area (Å²) < 4.78 is 7.79. The minimum absolute atomic E-state index is 0.0514. The Morgan fingerprint density at radius 2 is 2.39 bits per heavy atom. The van der Waals surface area contributed by atoms with Gasteiger partial charge >= 0.3 is 0 Å². The summed E-state index contributed by atoms with van der Waals surface area (Å²) in [7, 11) is 0. The molecular weight excluding hydrogens is 254 g/mol. The lowest BCUT2D eigenvalue weighted by Crippen LogP contribution is -2.15. The largest absolute Gasteiger partial charge is 0.394 e. The lowest BCUT2D eigenvalue weighted by atomic mass is 10.1. The molecule has 1 aliphatic rings. The number of nitrogens with zero attached hydrogens (tertiary/aromatic N) is 3. The van der Waals surface area contributed by atoms with Crippen LogP contribution in [-0.2, 0) is 4.74 Å². The van der Waals surface area contributed by atoms with Crippen molar-refractivity contribution in [2.24, 2.45) is 5.92 Å². The standard InChI is InChI=1S/C12H14ClN3O2/c1-7-4-8(5-17)18-12(7)16-3-2-9-10(13)14-6-15-11(9)16/h2-3,6-8,12,17H,4-5H2,1H3/t7-,8-,12+/m0/s1. The normalized spacial score (nSPS) is 28.1. The van der Waals surface area contributed by atoms with Crippen LogP contribution in [0.25, 0.3) is 11.0 Å². The summed E-state index contributed by atoms with van der Waals surface area (Å²) in [5.41, 5.74) is 0.769. The number of aliphatic hydroxyl groups excluding tert-OH is 1. The molecule has 0 saturated carbocycles. The molecule has 3 atom stereocenters. The van der Waals surface area contributed by atoms with E-state index < -0.39 is 0 Å². The average molecular weight is 268 g/mol. The highest BCUT2D eigenvalue weighted by Crippen LogP contribution is 2.36. The Morgan fingerprint density at radius 3 is 3.11 bits per heavy atom. The summed E-state index contributed by atoms with van der Waals surface area (Å²) in [6.45, 7) is 2.16. The number of aliphatic hydroxyl groups is 1. The molecular formula is C12H14ClN3O2. The van der Waals surface area contributed by atoms with Crippen LogP contribution in [0.3, 0.4) is 0 Å². The second-order valence-electron chi connectivity index (χ2n) is 4.67. The maximum absolute atomic E-state index is 9.18. The maximum atomic E-state index is 9.18. The quantitative estimate of drug-likeness (QED) is 0.846. The molecule has 96 valence electrons. The van der Waals surface area contributed by atoms with Crippen molar-refractivity contribution < 1.29 is 9.84 Å². The van der Waals surface area contributed by atoms with Crippen molar-refractivity contribution in [1.82, 2.24) is 14.5 Å².